The van der Waals surface area contributed by atoms with Crippen LogP contribution in [0, 0.1) is 5.82 Å². The highest BCUT2D eigenvalue weighted by atomic mass is 35.5. The van der Waals surface area contributed by atoms with Crippen LogP contribution in [-0.2, 0) is 6.54 Å². The van der Waals surface area contributed by atoms with Crippen LogP contribution >= 0.6 is 11.6 Å². The Balaban J connectivity index is 2.02. The number of aromatic nitrogens is 3. The lowest BCUT2D eigenvalue weighted by Crippen LogP contribution is -2.28. The Hall–Kier alpha value is -2.70. The van der Waals surface area contributed by atoms with Crippen LogP contribution in [0.5, 0.6) is 0 Å². The molecule has 1 N–H and O–H groups in total. The molecule has 0 saturated carbocycles. The number of rotatable bonds is 4. The standard InChI is InChI=1S/C20H18ClFN4O/c1-25(2)9-10-26-19(12-3-5-13(21)6-4-12)24-18-17(20(26)27)15-8-7-14(22)11-16(15)23-18/h3-8,11,23H,9-10H2,1-2H3. The lowest BCUT2D eigenvalue weighted by Gasteiger charge is -2.15. The summed E-state index contributed by atoms with van der Waals surface area (Å²) in [5, 5.41) is 1.76. The van der Waals surface area contributed by atoms with Crippen molar-refractivity contribution in [3.05, 3.63) is 63.7 Å². The van der Waals surface area contributed by atoms with Crippen molar-refractivity contribution in [2.75, 3.05) is 20.6 Å². The molecule has 27 heavy (non-hydrogen) atoms. The van der Waals surface area contributed by atoms with Crippen LogP contribution in [0.3, 0.4) is 0 Å². The number of fused-ring (bicyclic) bond motifs is 3. The molecule has 2 heterocycles. The molecule has 0 aliphatic rings. The van der Waals surface area contributed by atoms with Crippen molar-refractivity contribution in [1.29, 1.82) is 0 Å². The summed E-state index contributed by atoms with van der Waals surface area (Å²) in [4.78, 5) is 23.1. The fourth-order valence-corrected chi connectivity index (χ4v) is 3.31. The van der Waals surface area contributed by atoms with E-state index >= 15 is 0 Å². The maximum Gasteiger partial charge on any atom is 0.263 e. The van der Waals surface area contributed by atoms with Gasteiger partial charge in [-0.25, -0.2) is 9.37 Å². The molecule has 0 fully saturated rings. The van der Waals surface area contributed by atoms with Crippen LogP contribution in [0.25, 0.3) is 33.3 Å². The molecule has 0 bridgehead atoms. The minimum atomic E-state index is -0.361. The molecule has 0 aliphatic heterocycles. The molecule has 0 aliphatic carbocycles. The van der Waals surface area contributed by atoms with Crippen molar-refractivity contribution >= 4 is 33.5 Å². The highest BCUT2D eigenvalue weighted by molar-refractivity contribution is 6.30. The second-order valence-electron chi connectivity index (χ2n) is 6.74. The maximum absolute atomic E-state index is 13.6. The highest BCUT2D eigenvalue weighted by Gasteiger charge is 2.17. The maximum atomic E-state index is 13.6. The first-order chi connectivity index (χ1) is 12.9. The van der Waals surface area contributed by atoms with Crippen LogP contribution in [0.15, 0.2) is 47.3 Å². The van der Waals surface area contributed by atoms with Gasteiger partial charge in [0.2, 0.25) is 0 Å². The average molecular weight is 385 g/mol. The summed E-state index contributed by atoms with van der Waals surface area (Å²) in [6, 6.07) is 11.6. The molecule has 7 heteroatoms. The van der Waals surface area contributed by atoms with Gasteiger partial charge in [-0.3, -0.25) is 9.36 Å². The third-order valence-electron chi connectivity index (χ3n) is 4.55. The first-order valence-corrected chi connectivity index (χ1v) is 8.94. The Morgan fingerprint density at radius 2 is 1.93 bits per heavy atom. The third-order valence-corrected chi connectivity index (χ3v) is 4.80. The zero-order valence-corrected chi connectivity index (χ0v) is 15.7. The molecule has 0 saturated heterocycles. The zero-order chi connectivity index (χ0) is 19.1. The molecular formula is C20H18ClFN4O. The van der Waals surface area contributed by atoms with Gasteiger partial charge in [0, 0.05) is 29.1 Å². The second kappa shape index (κ2) is 6.79. The Kier molecular flexibility index (Phi) is 4.45. The number of H-pyrrole nitrogens is 1. The molecule has 2 aromatic carbocycles. The topological polar surface area (TPSA) is 53.9 Å². The van der Waals surface area contributed by atoms with Crippen LogP contribution in [-0.4, -0.2) is 40.1 Å². The summed E-state index contributed by atoms with van der Waals surface area (Å²) in [6.45, 7) is 1.17. The van der Waals surface area contributed by atoms with E-state index in [2.05, 4.69) is 4.98 Å². The number of nitrogens with zero attached hydrogens (tertiary/aromatic N) is 3. The van der Waals surface area contributed by atoms with E-state index in [4.69, 9.17) is 16.6 Å². The van der Waals surface area contributed by atoms with Crippen LogP contribution in [0.4, 0.5) is 4.39 Å². The molecular weight excluding hydrogens is 367 g/mol. The Morgan fingerprint density at radius 1 is 1.19 bits per heavy atom. The van der Waals surface area contributed by atoms with Gasteiger partial charge in [0.05, 0.1) is 10.9 Å². The molecule has 0 atom stereocenters. The van der Waals surface area contributed by atoms with Crippen molar-refractivity contribution in [3.63, 3.8) is 0 Å². The van der Waals surface area contributed by atoms with Crippen molar-refractivity contribution in [2.45, 2.75) is 6.54 Å². The van der Waals surface area contributed by atoms with E-state index in [0.29, 0.717) is 45.9 Å². The minimum absolute atomic E-state index is 0.148. The number of hydrogen-bond acceptors (Lipinski definition) is 3. The number of likely N-dealkylation sites (N-methyl/N-ethyl adjacent to an activating group) is 1. The molecule has 0 spiro atoms. The van der Waals surface area contributed by atoms with Crippen molar-refractivity contribution in [1.82, 2.24) is 19.4 Å². The number of halogens is 2. The van der Waals surface area contributed by atoms with E-state index in [9.17, 15) is 9.18 Å². The fraction of sp³-hybridized carbons (Fsp3) is 0.200. The van der Waals surface area contributed by atoms with Gasteiger partial charge in [0.1, 0.15) is 17.3 Å². The summed E-state index contributed by atoms with van der Waals surface area (Å²) >= 11 is 6.00. The van der Waals surface area contributed by atoms with E-state index in [1.807, 2.05) is 31.1 Å². The summed E-state index contributed by atoms with van der Waals surface area (Å²) in [5.74, 6) is 0.193. The fourth-order valence-electron chi connectivity index (χ4n) is 3.18. The first-order valence-electron chi connectivity index (χ1n) is 8.56. The van der Waals surface area contributed by atoms with E-state index in [1.54, 1.807) is 22.8 Å². The quantitative estimate of drug-likeness (QED) is 0.580. The summed E-state index contributed by atoms with van der Waals surface area (Å²) in [5.41, 5.74) is 1.65. The SMILES string of the molecule is CN(C)CCn1c(-c2ccc(Cl)cc2)nc2[nH]c3cc(F)ccc3c2c1=O. The third kappa shape index (κ3) is 3.22. The summed E-state index contributed by atoms with van der Waals surface area (Å²) < 4.78 is 15.3. The predicted octanol–water partition coefficient (Wildman–Crippen LogP) is 3.90. The molecule has 4 aromatic rings. The van der Waals surface area contributed by atoms with Gasteiger partial charge in [-0.2, -0.15) is 0 Å². The first kappa shape index (κ1) is 17.7. The van der Waals surface area contributed by atoms with E-state index in [0.717, 1.165) is 5.56 Å². The molecule has 0 amide bonds. The lowest BCUT2D eigenvalue weighted by atomic mass is 10.1. The van der Waals surface area contributed by atoms with Gasteiger partial charge in [0.15, 0.2) is 0 Å². The molecule has 138 valence electrons. The molecule has 0 radical (unpaired) electrons. The molecule has 0 unspecified atom stereocenters. The van der Waals surface area contributed by atoms with Crippen LogP contribution in [0.1, 0.15) is 0 Å². The van der Waals surface area contributed by atoms with Crippen molar-refractivity contribution in [2.24, 2.45) is 0 Å². The number of aromatic amines is 1. The van der Waals surface area contributed by atoms with E-state index in [1.165, 1.54) is 12.1 Å². The Morgan fingerprint density at radius 3 is 2.63 bits per heavy atom. The highest BCUT2D eigenvalue weighted by Crippen LogP contribution is 2.26. The monoisotopic (exact) mass is 384 g/mol. The number of benzene rings is 2. The lowest BCUT2D eigenvalue weighted by molar-refractivity contribution is 0.381. The second-order valence-corrected chi connectivity index (χ2v) is 7.18. The van der Waals surface area contributed by atoms with Gasteiger partial charge in [-0.05, 0) is 56.6 Å². The Bertz CT molecular complexity index is 1190. The van der Waals surface area contributed by atoms with Gasteiger partial charge < -0.3 is 9.88 Å². The zero-order valence-electron chi connectivity index (χ0n) is 15.0. The van der Waals surface area contributed by atoms with Gasteiger partial charge in [-0.15, -0.1) is 0 Å². The van der Waals surface area contributed by atoms with Gasteiger partial charge in [0.25, 0.3) is 5.56 Å². The van der Waals surface area contributed by atoms with Crippen LogP contribution in [0.2, 0.25) is 5.02 Å². The predicted molar refractivity (Wildman–Crippen MR) is 107 cm³/mol. The van der Waals surface area contributed by atoms with Gasteiger partial charge in [-0.1, -0.05) is 11.6 Å². The van der Waals surface area contributed by atoms with Crippen molar-refractivity contribution in [3.8, 4) is 11.4 Å². The smallest absolute Gasteiger partial charge is 0.263 e. The normalized spacial score (nSPS) is 11.7. The average Bonchev–Trinajstić information content (AvgIpc) is 2.98. The van der Waals surface area contributed by atoms with E-state index in [-0.39, 0.29) is 11.4 Å². The van der Waals surface area contributed by atoms with E-state index < -0.39 is 0 Å². The molecule has 5 nitrogen and oxygen atoms in total. The molecule has 4 rings (SSSR count). The minimum Gasteiger partial charge on any atom is -0.339 e. The summed E-state index contributed by atoms with van der Waals surface area (Å²) in [6.07, 6.45) is 0. The van der Waals surface area contributed by atoms with Crippen molar-refractivity contribution < 1.29 is 4.39 Å². The Labute approximate surface area is 160 Å². The molecule has 2 aromatic heterocycles. The van der Waals surface area contributed by atoms with Crippen LogP contribution < -0.4 is 5.56 Å². The summed E-state index contributed by atoms with van der Waals surface area (Å²) in [7, 11) is 3.90. The number of nitrogens with one attached hydrogen (secondary N) is 1. The number of hydrogen-bond donors (Lipinski definition) is 1. The largest absolute Gasteiger partial charge is 0.339 e. The van der Waals surface area contributed by atoms with Gasteiger partial charge >= 0.3 is 0 Å².